The number of piperidine rings is 1. The Labute approximate surface area is 172 Å². The molecule has 1 amide bonds. The lowest BCUT2D eigenvalue weighted by Gasteiger charge is -2.32. The number of sulfonamides is 1. The van der Waals surface area contributed by atoms with Crippen molar-refractivity contribution in [1.29, 1.82) is 0 Å². The van der Waals surface area contributed by atoms with Gasteiger partial charge < -0.3 is 9.47 Å². The largest absolute Gasteiger partial charge is 0.343 e. The second-order valence-corrected chi connectivity index (χ2v) is 9.67. The van der Waals surface area contributed by atoms with Crippen molar-refractivity contribution < 1.29 is 13.2 Å². The van der Waals surface area contributed by atoms with Crippen LogP contribution in [0.3, 0.4) is 0 Å². The molecular formula is C21H28N4O3S. The van der Waals surface area contributed by atoms with Gasteiger partial charge in [0.2, 0.25) is 15.9 Å². The molecule has 0 unspecified atom stereocenters. The molecule has 1 fully saturated rings. The Hall–Kier alpha value is -2.19. The fourth-order valence-electron chi connectivity index (χ4n) is 4.31. The summed E-state index contributed by atoms with van der Waals surface area (Å²) < 4.78 is 29.9. The summed E-state index contributed by atoms with van der Waals surface area (Å²) in [6.07, 6.45) is 11.7. The van der Waals surface area contributed by atoms with Gasteiger partial charge in [-0.3, -0.25) is 4.79 Å². The Kier molecular flexibility index (Phi) is 6.01. The van der Waals surface area contributed by atoms with Crippen LogP contribution in [0.2, 0.25) is 0 Å². The Balaban J connectivity index is 1.27. The predicted octanol–water partition coefficient (Wildman–Crippen LogP) is 2.29. The third kappa shape index (κ3) is 4.70. The molecule has 7 nitrogen and oxygen atoms in total. The number of hydrogen-bond acceptors (Lipinski definition) is 4. The van der Waals surface area contributed by atoms with E-state index in [1.54, 1.807) is 18.3 Å². The van der Waals surface area contributed by atoms with Crippen molar-refractivity contribution >= 4 is 15.9 Å². The molecule has 4 rings (SSSR count). The Morgan fingerprint density at radius 2 is 1.90 bits per heavy atom. The highest BCUT2D eigenvalue weighted by Gasteiger charge is 2.24. The number of carbonyl (C=O) groups is 1. The molecule has 156 valence electrons. The van der Waals surface area contributed by atoms with E-state index in [1.165, 1.54) is 12.0 Å². The number of likely N-dealkylation sites (tertiary alicyclic amines) is 1. The number of nitrogens with zero attached hydrogens (tertiary/aromatic N) is 3. The number of aromatic nitrogens is 2. The molecule has 0 bridgehead atoms. The molecule has 29 heavy (non-hydrogen) atoms. The number of hydrogen-bond donors (Lipinski definition) is 1. The topological polar surface area (TPSA) is 84.3 Å². The van der Waals surface area contributed by atoms with Crippen LogP contribution in [0.15, 0.2) is 41.8 Å². The number of benzene rings is 1. The van der Waals surface area contributed by atoms with E-state index in [2.05, 4.69) is 14.3 Å². The minimum Gasteiger partial charge on any atom is -0.343 e. The van der Waals surface area contributed by atoms with Crippen molar-refractivity contribution in [2.45, 2.75) is 55.9 Å². The van der Waals surface area contributed by atoms with Crippen molar-refractivity contribution in [3.63, 3.8) is 0 Å². The van der Waals surface area contributed by atoms with E-state index < -0.39 is 10.0 Å². The summed E-state index contributed by atoms with van der Waals surface area (Å²) in [7, 11) is -3.59. The first-order valence-corrected chi connectivity index (χ1v) is 11.9. The molecule has 1 saturated heterocycles. The number of aryl methyl sites for hydroxylation is 2. The highest BCUT2D eigenvalue weighted by molar-refractivity contribution is 7.89. The van der Waals surface area contributed by atoms with Gasteiger partial charge in [0.25, 0.3) is 0 Å². The zero-order valence-electron chi connectivity index (χ0n) is 16.6. The molecule has 1 aliphatic carbocycles. The normalized spacial score (nSPS) is 17.9. The molecule has 8 heteroatoms. The van der Waals surface area contributed by atoms with Gasteiger partial charge in [-0.05, 0) is 61.8 Å². The average molecular weight is 417 g/mol. The van der Waals surface area contributed by atoms with E-state index in [0.717, 1.165) is 37.7 Å². The first-order valence-electron chi connectivity index (χ1n) is 10.4. The van der Waals surface area contributed by atoms with Gasteiger partial charge in [0.1, 0.15) is 0 Å². The van der Waals surface area contributed by atoms with E-state index in [0.29, 0.717) is 24.0 Å². The maximum Gasteiger partial charge on any atom is 0.240 e. The van der Waals surface area contributed by atoms with Crippen molar-refractivity contribution in [2.75, 3.05) is 19.6 Å². The van der Waals surface area contributed by atoms with E-state index in [9.17, 15) is 13.2 Å². The Morgan fingerprint density at radius 3 is 2.62 bits per heavy atom. The van der Waals surface area contributed by atoms with Crippen LogP contribution >= 0.6 is 0 Å². The van der Waals surface area contributed by atoms with Gasteiger partial charge in [-0.1, -0.05) is 6.07 Å². The summed E-state index contributed by atoms with van der Waals surface area (Å²) >= 11 is 0. The minimum absolute atomic E-state index is 0.00206. The van der Waals surface area contributed by atoms with E-state index in [-0.39, 0.29) is 18.9 Å². The molecule has 1 aliphatic heterocycles. The highest BCUT2D eigenvalue weighted by Crippen LogP contribution is 2.24. The van der Waals surface area contributed by atoms with Gasteiger partial charge in [0, 0.05) is 44.5 Å². The zero-order valence-corrected chi connectivity index (χ0v) is 17.4. The second-order valence-electron chi connectivity index (χ2n) is 7.91. The molecule has 0 saturated carbocycles. The molecule has 2 heterocycles. The van der Waals surface area contributed by atoms with Crippen LogP contribution in [0.25, 0.3) is 0 Å². The summed E-state index contributed by atoms with van der Waals surface area (Å²) in [5.41, 5.74) is 2.39. The fourth-order valence-corrected chi connectivity index (χ4v) is 5.39. The number of amides is 1. The van der Waals surface area contributed by atoms with E-state index >= 15 is 0 Å². The van der Waals surface area contributed by atoms with Gasteiger partial charge in [0.05, 0.1) is 11.2 Å². The van der Waals surface area contributed by atoms with Gasteiger partial charge in [-0.2, -0.15) is 0 Å². The first-order chi connectivity index (χ1) is 14.0. The van der Waals surface area contributed by atoms with Gasteiger partial charge >= 0.3 is 0 Å². The molecular weight excluding hydrogens is 388 g/mol. The summed E-state index contributed by atoms with van der Waals surface area (Å²) in [6, 6.07) is 5.77. The molecule has 2 aliphatic rings. The lowest BCUT2D eigenvalue weighted by atomic mass is 9.92. The van der Waals surface area contributed by atoms with Crippen LogP contribution in [0.1, 0.15) is 49.3 Å². The third-order valence-electron chi connectivity index (χ3n) is 6.02. The second kappa shape index (κ2) is 8.67. The van der Waals surface area contributed by atoms with Crippen molar-refractivity contribution in [2.24, 2.45) is 0 Å². The van der Waals surface area contributed by atoms with Crippen LogP contribution in [0, 0.1) is 0 Å². The summed E-state index contributed by atoms with van der Waals surface area (Å²) in [4.78, 5) is 18.7. The standard InChI is InChI=1S/C21H28N4O3S/c26-21(24-12-8-19(9-13-24)25-14-11-22-16-25)7-10-23-29(27,28)20-6-5-17-3-1-2-4-18(17)15-20/h5-6,11,14-16,19,23H,1-4,7-10,12-13H2. The van der Waals surface area contributed by atoms with Crippen molar-refractivity contribution in [3.05, 3.63) is 48.0 Å². The molecule has 2 aromatic rings. The van der Waals surface area contributed by atoms with Gasteiger partial charge in [-0.15, -0.1) is 0 Å². The summed E-state index contributed by atoms with van der Waals surface area (Å²) in [6.45, 7) is 1.51. The Morgan fingerprint density at radius 1 is 1.14 bits per heavy atom. The van der Waals surface area contributed by atoms with Crippen molar-refractivity contribution in [1.82, 2.24) is 19.2 Å². The SMILES string of the molecule is O=C(CCNS(=O)(=O)c1ccc2c(c1)CCCC2)N1CCC(n2ccnc2)CC1. The lowest BCUT2D eigenvalue weighted by Crippen LogP contribution is -2.40. The molecule has 0 spiro atoms. The minimum atomic E-state index is -3.59. The summed E-state index contributed by atoms with van der Waals surface area (Å²) in [5, 5.41) is 0. The van der Waals surface area contributed by atoms with Gasteiger partial charge in [0.15, 0.2) is 0 Å². The third-order valence-corrected chi connectivity index (χ3v) is 7.48. The van der Waals surface area contributed by atoms with Crippen LogP contribution in [-0.4, -0.2) is 48.4 Å². The van der Waals surface area contributed by atoms with Crippen LogP contribution in [0.5, 0.6) is 0 Å². The molecule has 1 aromatic carbocycles. The first kappa shape index (κ1) is 20.1. The summed E-state index contributed by atoms with van der Waals surface area (Å²) in [5.74, 6) is 0.00206. The smallest absolute Gasteiger partial charge is 0.240 e. The molecule has 0 atom stereocenters. The number of fused-ring (bicyclic) bond motifs is 1. The van der Waals surface area contributed by atoms with Crippen LogP contribution in [0.4, 0.5) is 0 Å². The molecule has 1 aromatic heterocycles. The van der Waals surface area contributed by atoms with Crippen LogP contribution in [-0.2, 0) is 27.7 Å². The zero-order chi connectivity index (χ0) is 20.3. The number of carbonyl (C=O) groups excluding carboxylic acids is 1. The lowest BCUT2D eigenvalue weighted by molar-refractivity contribution is -0.132. The fraction of sp³-hybridized carbons (Fsp3) is 0.524. The monoisotopic (exact) mass is 416 g/mol. The highest BCUT2D eigenvalue weighted by atomic mass is 32.2. The number of rotatable bonds is 6. The van der Waals surface area contributed by atoms with Crippen molar-refractivity contribution in [3.8, 4) is 0 Å². The Bertz CT molecular complexity index is 948. The molecule has 1 N–H and O–H groups in total. The average Bonchev–Trinajstić information content (AvgIpc) is 3.28. The van der Waals surface area contributed by atoms with E-state index in [1.807, 2.05) is 23.5 Å². The predicted molar refractivity (Wildman–Crippen MR) is 110 cm³/mol. The quantitative estimate of drug-likeness (QED) is 0.783. The maximum atomic E-state index is 12.6. The van der Waals surface area contributed by atoms with Gasteiger partial charge in [-0.25, -0.2) is 18.1 Å². The van der Waals surface area contributed by atoms with Crippen LogP contribution < -0.4 is 4.72 Å². The van der Waals surface area contributed by atoms with E-state index in [4.69, 9.17) is 0 Å². The maximum absolute atomic E-state index is 12.6. The number of imidazole rings is 1. The number of nitrogens with one attached hydrogen (secondary N) is 1. The molecule has 0 radical (unpaired) electrons.